The summed E-state index contributed by atoms with van der Waals surface area (Å²) < 4.78 is 13.7. The Labute approximate surface area is 152 Å². The normalized spacial score (nSPS) is 16.0. The third-order valence-corrected chi connectivity index (χ3v) is 4.79. The number of likely N-dealkylation sites (tertiary alicyclic amines) is 1. The van der Waals surface area contributed by atoms with Gasteiger partial charge in [0.15, 0.2) is 11.6 Å². The Hall–Kier alpha value is -1.92. The van der Waals surface area contributed by atoms with Gasteiger partial charge in [-0.1, -0.05) is 29.8 Å². The van der Waals surface area contributed by atoms with Gasteiger partial charge < -0.3 is 10.2 Å². The molecule has 0 amide bonds. The van der Waals surface area contributed by atoms with E-state index in [2.05, 4.69) is 26.3 Å². The van der Waals surface area contributed by atoms with Crippen molar-refractivity contribution in [2.24, 2.45) is 0 Å². The molecule has 1 saturated heterocycles. The van der Waals surface area contributed by atoms with Crippen molar-refractivity contribution in [3.63, 3.8) is 0 Å². The van der Waals surface area contributed by atoms with Gasteiger partial charge in [0, 0.05) is 44.8 Å². The largest absolute Gasteiger partial charge is 0.360 e. The van der Waals surface area contributed by atoms with Crippen molar-refractivity contribution in [3.05, 3.63) is 46.9 Å². The highest BCUT2D eigenvalue weighted by Gasteiger charge is 2.21. The van der Waals surface area contributed by atoms with E-state index in [4.69, 9.17) is 11.6 Å². The molecule has 134 valence electrons. The van der Waals surface area contributed by atoms with Crippen LogP contribution < -0.4 is 10.2 Å². The molecule has 0 atom stereocenters. The van der Waals surface area contributed by atoms with Crippen LogP contribution in [0.5, 0.6) is 0 Å². The molecule has 2 heterocycles. The fourth-order valence-corrected chi connectivity index (χ4v) is 3.22. The maximum Gasteiger partial charge on any atom is 0.225 e. The van der Waals surface area contributed by atoms with E-state index in [1.165, 1.54) is 6.20 Å². The van der Waals surface area contributed by atoms with Crippen molar-refractivity contribution < 1.29 is 4.39 Å². The van der Waals surface area contributed by atoms with Gasteiger partial charge in [0.2, 0.25) is 5.95 Å². The third-order valence-electron chi connectivity index (χ3n) is 4.42. The number of nitrogens with one attached hydrogen (secondary N) is 1. The Morgan fingerprint density at radius 1 is 1.28 bits per heavy atom. The van der Waals surface area contributed by atoms with Gasteiger partial charge in [-0.15, -0.1) is 0 Å². The lowest BCUT2D eigenvalue weighted by Crippen LogP contribution is -2.39. The number of rotatable bonds is 5. The number of hydrogen-bond donors (Lipinski definition) is 1. The quantitative estimate of drug-likeness (QED) is 0.881. The summed E-state index contributed by atoms with van der Waals surface area (Å²) in [5.74, 6) is 0.369. The lowest BCUT2D eigenvalue weighted by Gasteiger charge is -2.32. The summed E-state index contributed by atoms with van der Waals surface area (Å²) in [5, 5.41) is 4.15. The molecule has 0 saturated carbocycles. The highest BCUT2D eigenvalue weighted by molar-refractivity contribution is 6.31. The maximum atomic E-state index is 13.7. The maximum absolute atomic E-state index is 13.7. The van der Waals surface area contributed by atoms with Crippen LogP contribution >= 0.6 is 11.6 Å². The van der Waals surface area contributed by atoms with Crippen LogP contribution in [0.1, 0.15) is 18.4 Å². The number of nitrogens with zero attached hydrogens (tertiary/aromatic N) is 4. The molecule has 5 nitrogen and oxygen atoms in total. The average Bonchev–Trinajstić information content (AvgIpc) is 2.60. The first-order valence-electron chi connectivity index (χ1n) is 8.45. The monoisotopic (exact) mass is 363 g/mol. The molecular weight excluding hydrogens is 341 g/mol. The Bertz CT molecular complexity index is 716. The van der Waals surface area contributed by atoms with Gasteiger partial charge in [-0.05, 0) is 24.5 Å². The molecule has 1 aromatic carbocycles. The number of anilines is 2. The van der Waals surface area contributed by atoms with Crippen molar-refractivity contribution in [1.82, 2.24) is 14.9 Å². The number of benzene rings is 1. The topological polar surface area (TPSA) is 44.3 Å². The van der Waals surface area contributed by atoms with Gasteiger partial charge >= 0.3 is 0 Å². The molecule has 3 rings (SSSR count). The van der Waals surface area contributed by atoms with Gasteiger partial charge in [-0.3, -0.25) is 4.90 Å². The molecule has 1 aromatic heterocycles. The van der Waals surface area contributed by atoms with Gasteiger partial charge in [0.25, 0.3) is 0 Å². The molecule has 0 bridgehead atoms. The van der Waals surface area contributed by atoms with Crippen LogP contribution in [0.2, 0.25) is 5.02 Å². The van der Waals surface area contributed by atoms with E-state index in [1.807, 2.05) is 18.2 Å². The van der Waals surface area contributed by atoms with Crippen LogP contribution in [-0.2, 0) is 6.54 Å². The van der Waals surface area contributed by atoms with Crippen LogP contribution in [0.15, 0.2) is 30.5 Å². The van der Waals surface area contributed by atoms with E-state index in [-0.39, 0.29) is 0 Å². The Kier molecular flexibility index (Phi) is 5.71. The summed E-state index contributed by atoms with van der Waals surface area (Å²) in [7, 11) is 3.53. The van der Waals surface area contributed by atoms with Crippen LogP contribution in [0.25, 0.3) is 0 Å². The molecule has 1 fully saturated rings. The first kappa shape index (κ1) is 17.9. The number of piperidine rings is 1. The molecule has 2 aromatic rings. The number of aromatic nitrogens is 2. The zero-order chi connectivity index (χ0) is 17.8. The van der Waals surface area contributed by atoms with E-state index in [0.29, 0.717) is 17.8 Å². The highest BCUT2D eigenvalue weighted by atomic mass is 35.5. The van der Waals surface area contributed by atoms with E-state index in [0.717, 1.165) is 43.1 Å². The van der Waals surface area contributed by atoms with Crippen LogP contribution in [0.3, 0.4) is 0 Å². The third kappa shape index (κ3) is 4.58. The van der Waals surface area contributed by atoms with Gasteiger partial charge in [0.05, 0.1) is 6.20 Å². The second-order valence-corrected chi connectivity index (χ2v) is 6.95. The molecule has 7 heteroatoms. The predicted octanol–water partition coefficient (Wildman–Crippen LogP) is 3.41. The minimum atomic E-state index is -0.412. The second-order valence-electron chi connectivity index (χ2n) is 6.55. The standard InChI is InChI=1S/C18H23ClFN5/c1-24(2)17-16(20)11-21-18(23-17)22-14-7-9-25(10-8-14)12-13-5-3-4-6-15(13)19/h3-6,11,14H,7-10,12H2,1-2H3,(H,21,22,23). The molecule has 0 aliphatic carbocycles. The van der Waals surface area contributed by atoms with Crippen molar-refractivity contribution >= 4 is 23.4 Å². The molecule has 25 heavy (non-hydrogen) atoms. The predicted molar refractivity (Wildman–Crippen MR) is 99.7 cm³/mol. The molecule has 1 aliphatic heterocycles. The summed E-state index contributed by atoms with van der Waals surface area (Å²) in [6, 6.07) is 8.26. The molecule has 0 unspecified atom stereocenters. The first-order chi connectivity index (χ1) is 12.0. The highest BCUT2D eigenvalue weighted by Crippen LogP contribution is 2.21. The fraction of sp³-hybridized carbons (Fsp3) is 0.444. The molecular formula is C18H23ClFN5. The second kappa shape index (κ2) is 7.97. The SMILES string of the molecule is CN(C)c1nc(NC2CCN(Cc3ccccc3Cl)CC2)ncc1F. The smallest absolute Gasteiger partial charge is 0.225 e. The fourth-order valence-electron chi connectivity index (χ4n) is 3.03. The van der Waals surface area contributed by atoms with Crippen molar-refractivity contribution in [2.45, 2.75) is 25.4 Å². The number of hydrogen-bond acceptors (Lipinski definition) is 5. The summed E-state index contributed by atoms with van der Waals surface area (Å²) in [6.07, 6.45) is 3.20. The summed E-state index contributed by atoms with van der Waals surface area (Å²) in [6.45, 7) is 2.82. The minimum Gasteiger partial charge on any atom is -0.360 e. The summed E-state index contributed by atoms with van der Waals surface area (Å²) in [4.78, 5) is 12.4. The Morgan fingerprint density at radius 3 is 2.68 bits per heavy atom. The van der Waals surface area contributed by atoms with E-state index in [1.54, 1.807) is 19.0 Å². The zero-order valence-electron chi connectivity index (χ0n) is 14.5. The van der Waals surface area contributed by atoms with Crippen molar-refractivity contribution in [1.29, 1.82) is 0 Å². The van der Waals surface area contributed by atoms with Gasteiger partial charge in [0.1, 0.15) is 0 Å². The molecule has 0 spiro atoms. The summed E-state index contributed by atoms with van der Waals surface area (Å²) >= 11 is 6.24. The molecule has 0 radical (unpaired) electrons. The van der Waals surface area contributed by atoms with Crippen LogP contribution in [0, 0.1) is 5.82 Å². The molecule has 1 N–H and O–H groups in total. The van der Waals surface area contributed by atoms with Gasteiger partial charge in [-0.2, -0.15) is 4.98 Å². The number of halogens is 2. The Balaban J connectivity index is 1.54. The summed E-state index contributed by atoms with van der Waals surface area (Å²) in [5.41, 5.74) is 1.16. The van der Waals surface area contributed by atoms with E-state index < -0.39 is 5.82 Å². The van der Waals surface area contributed by atoms with Crippen LogP contribution in [-0.4, -0.2) is 48.1 Å². The van der Waals surface area contributed by atoms with E-state index in [9.17, 15) is 4.39 Å². The lowest BCUT2D eigenvalue weighted by atomic mass is 10.0. The lowest BCUT2D eigenvalue weighted by molar-refractivity contribution is 0.211. The minimum absolute atomic E-state index is 0.294. The molecule has 1 aliphatic rings. The van der Waals surface area contributed by atoms with Crippen molar-refractivity contribution in [2.75, 3.05) is 37.4 Å². The van der Waals surface area contributed by atoms with Crippen LogP contribution in [0.4, 0.5) is 16.2 Å². The first-order valence-corrected chi connectivity index (χ1v) is 8.83. The van der Waals surface area contributed by atoms with Crippen molar-refractivity contribution in [3.8, 4) is 0 Å². The average molecular weight is 364 g/mol. The zero-order valence-corrected chi connectivity index (χ0v) is 15.3. The van der Waals surface area contributed by atoms with E-state index >= 15 is 0 Å². The van der Waals surface area contributed by atoms with Gasteiger partial charge in [-0.25, -0.2) is 9.37 Å². The Morgan fingerprint density at radius 2 is 2.00 bits per heavy atom.